The number of alkyl carbamates (subject to hydrolysis) is 1. The summed E-state index contributed by atoms with van der Waals surface area (Å²) < 4.78 is 5.17. The number of carbonyl (C=O) groups excluding carboxylic acids is 1. The molecule has 9 heteroatoms. The molecule has 0 saturated carbocycles. The van der Waals surface area contributed by atoms with Gasteiger partial charge in [-0.3, -0.25) is 4.99 Å². The zero-order valence-corrected chi connectivity index (χ0v) is 18.8. The molecular formula is C16H30IN5O2S. The number of nitrogens with one attached hydrogen (secondary N) is 3. The molecule has 0 aromatic carbocycles. The zero-order valence-electron chi connectivity index (χ0n) is 15.6. The molecule has 0 spiro atoms. The van der Waals surface area contributed by atoms with E-state index in [9.17, 15) is 4.79 Å². The molecule has 0 aliphatic rings. The first-order valence-electron chi connectivity index (χ1n) is 8.19. The second-order valence-electron chi connectivity index (χ2n) is 6.21. The zero-order chi connectivity index (χ0) is 18.0. The molecular weight excluding hydrogens is 453 g/mol. The number of halogens is 1. The predicted molar refractivity (Wildman–Crippen MR) is 114 cm³/mol. The third-order valence-corrected chi connectivity index (χ3v) is 4.04. The highest BCUT2D eigenvalue weighted by Crippen LogP contribution is 2.12. The van der Waals surface area contributed by atoms with Gasteiger partial charge in [-0.15, -0.1) is 35.3 Å². The van der Waals surface area contributed by atoms with Crippen molar-refractivity contribution < 1.29 is 9.53 Å². The lowest BCUT2D eigenvalue weighted by atomic mass is 10.2. The van der Waals surface area contributed by atoms with Gasteiger partial charge < -0.3 is 20.7 Å². The minimum atomic E-state index is -0.470. The van der Waals surface area contributed by atoms with E-state index < -0.39 is 5.60 Å². The van der Waals surface area contributed by atoms with E-state index in [1.165, 1.54) is 4.88 Å². The van der Waals surface area contributed by atoms with Crippen LogP contribution in [0.2, 0.25) is 0 Å². The number of guanidine groups is 1. The summed E-state index contributed by atoms with van der Waals surface area (Å²) in [7, 11) is 1.73. The van der Waals surface area contributed by atoms with Gasteiger partial charge >= 0.3 is 6.09 Å². The van der Waals surface area contributed by atoms with Gasteiger partial charge in [0.15, 0.2) is 5.96 Å². The van der Waals surface area contributed by atoms with Crippen LogP contribution in [0.3, 0.4) is 0 Å². The van der Waals surface area contributed by atoms with Gasteiger partial charge in [0.25, 0.3) is 0 Å². The van der Waals surface area contributed by atoms with Crippen LogP contribution in [0.4, 0.5) is 4.79 Å². The Morgan fingerprint density at radius 1 is 1.28 bits per heavy atom. The Hall–Kier alpha value is -1.10. The van der Waals surface area contributed by atoms with Crippen LogP contribution >= 0.6 is 35.3 Å². The lowest BCUT2D eigenvalue weighted by Gasteiger charge is -2.19. The van der Waals surface area contributed by atoms with Crippen molar-refractivity contribution in [1.29, 1.82) is 0 Å². The summed E-state index contributed by atoms with van der Waals surface area (Å²) in [6.45, 7) is 9.55. The highest BCUT2D eigenvalue weighted by molar-refractivity contribution is 14.0. The number of nitrogens with zero attached hydrogens (tertiary/aromatic N) is 2. The Morgan fingerprint density at radius 2 is 1.96 bits per heavy atom. The van der Waals surface area contributed by atoms with Gasteiger partial charge in [-0.2, -0.15) is 0 Å². The molecule has 0 fully saturated rings. The van der Waals surface area contributed by atoms with Crippen molar-refractivity contribution >= 4 is 47.4 Å². The maximum absolute atomic E-state index is 11.5. The van der Waals surface area contributed by atoms with Crippen molar-refractivity contribution in [3.8, 4) is 0 Å². The second kappa shape index (κ2) is 12.3. The fraction of sp³-hybridized carbons (Fsp3) is 0.688. The largest absolute Gasteiger partial charge is 0.444 e. The van der Waals surface area contributed by atoms with Crippen molar-refractivity contribution in [1.82, 2.24) is 20.9 Å². The van der Waals surface area contributed by atoms with Gasteiger partial charge in [0.05, 0.1) is 6.54 Å². The summed E-state index contributed by atoms with van der Waals surface area (Å²) in [6, 6.07) is 0. The van der Waals surface area contributed by atoms with Crippen LogP contribution in [-0.4, -0.2) is 42.8 Å². The van der Waals surface area contributed by atoms with Crippen LogP contribution in [0.1, 0.15) is 44.0 Å². The molecule has 7 nitrogen and oxygen atoms in total. The van der Waals surface area contributed by atoms with Gasteiger partial charge in [-0.25, -0.2) is 9.78 Å². The number of aliphatic imine (C=N–C) groups is 1. The average molecular weight is 483 g/mol. The number of ether oxygens (including phenoxy) is 1. The second-order valence-corrected chi connectivity index (χ2v) is 7.41. The molecule has 1 heterocycles. The fourth-order valence-corrected chi connectivity index (χ4v) is 2.58. The quantitative estimate of drug-likeness (QED) is 0.240. The summed E-state index contributed by atoms with van der Waals surface area (Å²) >= 11 is 1.71. The van der Waals surface area contributed by atoms with Crippen LogP contribution in [-0.2, 0) is 17.7 Å². The number of hydrogen-bond acceptors (Lipinski definition) is 5. The molecule has 0 atom stereocenters. The number of aromatic nitrogens is 1. The summed E-state index contributed by atoms with van der Waals surface area (Å²) in [5.74, 6) is 0.723. The highest BCUT2D eigenvalue weighted by atomic mass is 127. The molecule has 25 heavy (non-hydrogen) atoms. The fourth-order valence-electron chi connectivity index (χ4n) is 1.77. The molecule has 1 rings (SSSR count). The summed E-state index contributed by atoms with van der Waals surface area (Å²) in [6.07, 6.45) is 3.31. The molecule has 0 unspecified atom stereocenters. The predicted octanol–water partition coefficient (Wildman–Crippen LogP) is 2.90. The Labute approximate surface area is 171 Å². The molecule has 1 aromatic heterocycles. The van der Waals surface area contributed by atoms with Crippen LogP contribution in [0, 0.1) is 0 Å². The maximum atomic E-state index is 11.5. The van der Waals surface area contributed by atoms with Crippen LogP contribution in [0.15, 0.2) is 11.2 Å². The minimum Gasteiger partial charge on any atom is -0.444 e. The van der Waals surface area contributed by atoms with Gasteiger partial charge in [0, 0.05) is 31.2 Å². The van der Waals surface area contributed by atoms with E-state index in [1.807, 2.05) is 27.0 Å². The van der Waals surface area contributed by atoms with Crippen molar-refractivity contribution in [2.75, 3.05) is 20.1 Å². The monoisotopic (exact) mass is 483 g/mol. The topological polar surface area (TPSA) is 87.6 Å². The first-order valence-corrected chi connectivity index (χ1v) is 9.00. The number of hydrogen-bond donors (Lipinski definition) is 3. The molecule has 0 aliphatic carbocycles. The molecule has 0 bridgehead atoms. The van der Waals surface area contributed by atoms with E-state index in [1.54, 1.807) is 18.4 Å². The van der Waals surface area contributed by atoms with E-state index in [2.05, 4.69) is 32.9 Å². The molecule has 144 valence electrons. The summed E-state index contributed by atoms with van der Waals surface area (Å²) in [5.41, 5.74) is -0.470. The number of rotatable bonds is 7. The number of thiazole rings is 1. The van der Waals surface area contributed by atoms with Gasteiger partial charge in [0.2, 0.25) is 0 Å². The summed E-state index contributed by atoms with van der Waals surface area (Å²) in [4.78, 5) is 21.3. The Kier molecular flexibility index (Phi) is 11.7. The molecule has 1 aromatic rings. The highest BCUT2D eigenvalue weighted by Gasteiger charge is 2.15. The molecule has 0 aliphatic heterocycles. The minimum absolute atomic E-state index is 0. The third-order valence-electron chi connectivity index (χ3n) is 2.89. The lowest BCUT2D eigenvalue weighted by Crippen LogP contribution is -2.39. The van der Waals surface area contributed by atoms with Crippen molar-refractivity contribution in [2.45, 2.75) is 52.7 Å². The van der Waals surface area contributed by atoms with E-state index in [0.29, 0.717) is 19.6 Å². The number of amides is 1. The van der Waals surface area contributed by atoms with Crippen molar-refractivity contribution in [3.05, 3.63) is 16.1 Å². The smallest absolute Gasteiger partial charge is 0.407 e. The third kappa shape index (κ3) is 11.2. The van der Waals surface area contributed by atoms with E-state index in [0.717, 1.165) is 23.8 Å². The Morgan fingerprint density at radius 3 is 2.52 bits per heavy atom. The van der Waals surface area contributed by atoms with E-state index >= 15 is 0 Å². The van der Waals surface area contributed by atoms with Gasteiger partial charge in [-0.1, -0.05) is 6.92 Å². The average Bonchev–Trinajstić information content (AvgIpc) is 2.96. The molecule has 1 amide bonds. The maximum Gasteiger partial charge on any atom is 0.407 e. The van der Waals surface area contributed by atoms with Crippen LogP contribution in [0.25, 0.3) is 0 Å². The first-order chi connectivity index (χ1) is 11.3. The van der Waals surface area contributed by atoms with Crippen LogP contribution in [0.5, 0.6) is 0 Å². The van der Waals surface area contributed by atoms with Gasteiger partial charge in [0.1, 0.15) is 10.6 Å². The van der Waals surface area contributed by atoms with Crippen LogP contribution < -0.4 is 16.0 Å². The van der Waals surface area contributed by atoms with Crippen molar-refractivity contribution in [3.63, 3.8) is 0 Å². The van der Waals surface area contributed by atoms with Crippen molar-refractivity contribution in [2.24, 2.45) is 4.99 Å². The number of aryl methyl sites for hydroxylation is 1. The normalized spacial score (nSPS) is 11.5. The SMILES string of the molecule is CCc1cnc(CNC(=NC)NCCCNC(=O)OC(C)(C)C)s1.I. The van der Waals surface area contributed by atoms with Gasteiger partial charge in [-0.05, 0) is 33.6 Å². The lowest BCUT2D eigenvalue weighted by molar-refractivity contribution is 0.0527. The Bertz CT molecular complexity index is 543. The molecule has 3 N–H and O–H groups in total. The summed E-state index contributed by atoms with van der Waals surface area (Å²) in [5, 5.41) is 10.2. The van der Waals surface area contributed by atoms with E-state index in [4.69, 9.17) is 4.74 Å². The standard InChI is InChI=1S/C16H29N5O2S.HI/c1-6-12-10-20-13(24-12)11-21-14(17-5)18-8-7-9-19-15(22)23-16(2,3)4;/h10H,6-9,11H2,1-5H3,(H,19,22)(H2,17,18,21);1H. The van der Waals surface area contributed by atoms with E-state index in [-0.39, 0.29) is 30.1 Å². The molecule has 0 radical (unpaired) electrons. The first kappa shape index (κ1) is 23.9. The Balaban J connectivity index is 0.00000576. The number of carbonyl (C=O) groups is 1. The molecule has 0 saturated heterocycles.